The van der Waals surface area contributed by atoms with Crippen LogP contribution in [0.3, 0.4) is 0 Å². The minimum absolute atomic E-state index is 0.251. The van der Waals surface area contributed by atoms with Gasteiger partial charge >= 0.3 is 0 Å². The lowest BCUT2D eigenvalue weighted by atomic mass is 10.2. The topological polar surface area (TPSA) is 38.1 Å². The molecule has 0 aliphatic rings. The van der Waals surface area contributed by atoms with Crippen LogP contribution in [0, 0.1) is 0 Å². The Kier molecular flexibility index (Phi) is 3.15. The van der Waals surface area contributed by atoms with Crippen LogP contribution >= 0.6 is 0 Å². The highest BCUT2D eigenvalue weighted by molar-refractivity contribution is 5.09. The van der Waals surface area contributed by atoms with Gasteiger partial charge in [-0.05, 0) is 25.1 Å². The molecule has 2 aromatic heterocycles. The number of nitrogens with zero attached hydrogens (tertiary/aromatic N) is 1. The third-order valence-electron chi connectivity index (χ3n) is 2.32. The van der Waals surface area contributed by atoms with Crippen molar-refractivity contribution in [3.05, 3.63) is 54.2 Å². The highest BCUT2D eigenvalue weighted by Gasteiger charge is 2.05. The SMILES string of the molecule is C[C@@H](NCc1ccoc1)c1ccccn1. The van der Waals surface area contributed by atoms with Crippen LogP contribution in [0.25, 0.3) is 0 Å². The summed E-state index contributed by atoms with van der Waals surface area (Å²) in [5, 5.41) is 3.38. The number of nitrogens with one attached hydrogen (secondary N) is 1. The average molecular weight is 202 g/mol. The summed E-state index contributed by atoms with van der Waals surface area (Å²) in [6.45, 7) is 2.90. The molecule has 2 heterocycles. The number of hydrogen-bond acceptors (Lipinski definition) is 3. The molecule has 0 aliphatic carbocycles. The molecule has 2 aromatic rings. The quantitative estimate of drug-likeness (QED) is 0.827. The lowest BCUT2D eigenvalue weighted by Crippen LogP contribution is -2.18. The fourth-order valence-electron chi connectivity index (χ4n) is 1.40. The first-order valence-corrected chi connectivity index (χ1v) is 5.01. The van der Waals surface area contributed by atoms with E-state index in [1.54, 1.807) is 12.5 Å². The molecule has 0 aromatic carbocycles. The molecular formula is C12H14N2O. The summed E-state index contributed by atoms with van der Waals surface area (Å²) in [5.74, 6) is 0. The van der Waals surface area contributed by atoms with Crippen LogP contribution in [0.5, 0.6) is 0 Å². The Morgan fingerprint density at radius 1 is 1.40 bits per heavy atom. The second kappa shape index (κ2) is 4.75. The predicted octanol–water partition coefficient (Wildman–Crippen LogP) is 2.53. The standard InChI is InChI=1S/C12H14N2O/c1-10(12-4-2-3-6-13-12)14-8-11-5-7-15-9-11/h2-7,9-10,14H,8H2,1H3/t10-/m1/s1. The summed E-state index contributed by atoms with van der Waals surface area (Å²) < 4.78 is 5.00. The summed E-state index contributed by atoms with van der Waals surface area (Å²) in [4.78, 5) is 4.29. The van der Waals surface area contributed by atoms with Gasteiger partial charge in [0, 0.05) is 24.3 Å². The first-order valence-electron chi connectivity index (χ1n) is 5.01. The molecule has 1 N–H and O–H groups in total. The van der Waals surface area contributed by atoms with Gasteiger partial charge in [0.25, 0.3) is 0 Å². The third-order valence-corrected chi connectivity index (χ3v) is 2.32. The first kappa shape index (κ1) is 9.93. The fourth-order valence-corrected chi connectivity index (χ4v) is 1.40. The largest absolute Gasteiger partial charge is 0.472 e. The van der Waals surface area contributed by atoms with Gasteiger partial charge in [-0.2, -0.15) is 0 Å². The highest BCUT2D eigenvalue weighted by atomic mass is 16.3. The zero-order valence-corrected chi connectivity index (χ0v) is 8.68. The molecule has 1 atom stereocenters. The van der Waals surface area contributed by atoms with Crippen molar-refractivity contribution < 1.29 is 4.42 Å². The van der Waals surface area contributed by atoms with Gasteiger partial charge in [0.2, 0.25) is 0 Å². The van der Waals surface area contributed by atoms with Crippen LogP contribution in [0.15, 0.2) is 47.4 Å². The summed E-state index contributed by atoms with van der Waals surface area (Å²) in [7, 11) is 0. The molecule has 0 unspecified atom stereocenters. The van der Waals surface area contributed by atoms with Gasteiger partial charge in [0.15, 0.2) is 0 Å². The monoisotopic (exact) mass is 202 g/mol. The van der Waals surface area contributed by atoms with E-state index in [4.69, 9.17) is 4.42 Å². The summed E-state index contributed by atoms with van der Waals surface area (Å²) in [5.41, 5.74) is 2.21. The molecule has 0 spiro atoms. The molecule has 0 bridgehead atoms. The maximum absolute atomic E-state index is 5.00. The molecule has 0 amide bonds. The van der Waals surface area contributed by atoms with Crippen LogP contribution in [-0.4, -0.2) is 4.98 Å². The Morgan fingerprint density at radius 2 is 2.33 bits per heavy atom. The van der Waals surface area contributed by atoms with E-state index in [9.17, 15) is 0 Å². The normalized spacial score (nSPS) is 12.6. The van der Waals surface area contributed by atoms with Crippen LogP contribution < -0.4 is 5.32 Å². The number of rotatable bonds is 4. The zero-order chi connectivity index (χ0) is 10.5. The van der Waals surface area contributed by atoms with Crippen molar-refractivity contribution in [2.45, 2.75) is 19.5 Å². The van der Waals surface area contributed by atoms with Gasteiger partial charge in [0.05, 0.1) is 18.2 Å². The zero-order valence-electron chi connectivity index (χ0n) is 8.68. The van der Waals surface area contributed by atoms with Gasteiger partial charge in [0.1, 0.15) is 0 Å². The highest BCUT2D eigenvalue weighted by Crippen LogP contribution is 2.09. The number of pyridine rings is 1. The Hall–Kier alpha value is -1.61. The van der Waals surface area contributed by atoms with Crippen LogP contribution in [-0.2, 0) is 6.54 Å². The van der Waals surface area contributed by atoms with Gasteiger partial charge in [-0.1, -0.05) is 6.07 Å². The van der Waals surface area contributed by atoms with Gasteiger partial charge < -0.3 is 9.73 Å². The maximum Gasteiger partial charge on any atom is 0.0947 e. The first-order chi connectivity index (χ1) is 7.36. The van der Waals surface area contributed by atoms with E-state index >= 15 is 0 Å². The minimum atomic E-state index is 0.251. The number of aromatic nitrogens is 1. The van der Waals surface area contributed by atoms with Crippen molar-refractivity contribution in [3.8, 4) is 0 Å². The van der Waals surface area contributed by atoms with Crippen LogP contribution in [0.2, 0.25) is 0 Å². The summed E-state index contributed by atoms with van der Waals surface area (Å²) >= 11 is 0. The molecule has 0 fully saturated rings. The minimum Gasteiger partial charge on any atom is -0.472 e. The average Bonchev–Trinajstić information content (AvgIpc) is 2.80. The Morgan fingerprint density at radius 3 is 3.00 bits per heavy atom. The smallest absolute Gasteiger partial charge is 0.0947 e. The lowest BCUT2D eigenvalue weighted by molar-refractivity contribution is 0.541. The van der Waals surface area contributed by atoms with Crippen molar-refractivity contribution in [2.75, 3.05) is 0 Å². The number of furan rings is 1. The van der Waals surface area contributed by atoms with E-state index in [2.05, 4.69) is 17.2 Å². The molecule has 0 saturated heterocycles. The Bertz CT molecular complexity index is 383. The molecule has 78 valence electrons. The molecular weight excluding hydrogens is 188 g/mol. The molecule has 3 heteroatoms. The van der Waals surface area contributed by atoms with Gasteiger partial charge in [-0.25, -0.2) is 0 Å². The maximum atomic E-state index is 5.00. The van der Waals surface area contributed by atoms with Crippen LogP contribution in [0.4, 0.5) is 0 Å². The molecule has 0 aliphatic heterocycles. The van der Waals surface area contributed by atoms with E-state index in [0.717, 1.165) is 17.8 Å². The van der Waals surface area contributed by atoms with E-state index in [1.165, 1.54) is 0 Å². The van der Waals surface area contributed by atoms with Crippen molar-refractivity contribution in [1.29, 1.82) is 0 Å². The Balaban J connectivity index is 1.90. The van der Waals surface area contributed by atoms with Crippen molar-refractivity contribution in [2.24, 2.45) is 0 Å². The van der Waals surface area contributed by atoms with Crippen molar-refractivity contribution >= 4 is 0 Å². The van der Waals surface area contributed by atoms with Crippen LogP contribution in [0.1, 0.15) is 24.2 Å². The van der Waals surface area contributed by atoms with Gasteiger partial charge in [-0.15, -0.1) is 0 Å². The van der Waals surface area contributed by atoms with E-state index < -0.39 is 0 Å². The second-order valence-corrected chi connectivity index (χ2v) is 3.49. The number of hydrogen-bond donors (Lipinski definition) is 1. The molecule has 0 radical (unpaired) electrons. The predicted molar refractivity (Wildman–Crippen MR) is 58.2 cm³/mol. The van der Waals surface area contributed by atoms with Crippen molar-refractivity contribution in [1.82, 2.24) is 10.3 Å². The summed E-state index contributed by atoms with van der Waals surface area (Å²) in [6, 6.07) is 8.15. The third kappa shape index (κ3) is 2.67. The fraction of sp³-hybridized carbons (Fsp3) is 0.250. The van der Waals surface area contributed by atoms with E-state index in [0.29, 0.717) is 0 Å². The molecule has 0 saturated carbocycles. The molecule has 15 heavy (non-hydrogen) atoms. The summed E-state index contributed by atoms with van der Waals surface area (Å²) in [6.07, 6.45) is 5.24. The Labute approximate surface area is 89.1 Å². The molecule has 3 nitrogen and oxygen atoms in total. The van der Waals surface area contributed by atoms with E-state index in [1.807, 2.05) is 30.5 Å². The van der Waals surface area contributed by atoms with E-state index in [-0.39, 0.29) is 6.04 Å². The molecule has 2 rings (SSSR count). The second-order valence-electron chi connectivity index (χ2n) is 3.49. The lowest BCUT2D eigenvalue weighted by Gasteiger charge is -2.11. The van der Waals surface area contributed by atoms with Crippen molar-refractivity contribution in [3.63, 3.8) is 0 Å². The van der Waals surface area contributed by atoms with Gasteiger partial charge in [-0.3, -0.25) is 4.98 Å².